The van der Waals surface area contributed by atoms with Crippen molar-refractivity contribution in [2.45, 2.75) is 25.5 Å². The Balaban J connectivity index is 0.00000144. The van der Waals surface area contributed by atoms with E-state index in [9.17, 15) is 0 Å². The van der Waals surface area contributed by atoms with Crippen LogP contribution < -0.4 is 22.5 Å². The minimum atomic E-state index is 0. The van der Waals surface area contributed by atoms with Gasteiger partial charge in [-0.25, -0.2) is 0 Å². The summed E-state index contributed by atoms with van der Waals surface area (Å²) < 4.78 is 10.7. The van der Waals surface area contributed by atoms with Crippen LogP contribution in [0.4, 0.5) is 0 Å². The van der Waals surface area contributed by atoms with Gasteiger partial charge < -0.3 is 27.2 Å². The van der Waals surface area contributed by atoms with Crippen LogP contribution in [0.1, 0.15) is 18.4 Å². The van der Waals surface area contributed by atoms with Gasteiger partial charge in [-0.1, -0.05) is 12.1 Å². The molecular weight excluding hydrogens is 238 g/mol. The second kappa shape index (κ2) is 7.54. The highest BCUT2D eigenvalue weighted by atomic mass is 35.5. The van der Waals surface area contributed by atoms with Gasteiger partial charge in [0.2, 0.25) is 0 Å². The van der Waals surface area contributed by atoms with Crippen LogP contribution in [0.15, 0.2) is 24.3 Å². The van der Waals surface area contributed by atoms with E-state index in [2.05, 4.69) is 17.4 Å². The van der Waals surface area contributed by atoms with Gasteiger partial charge in [0.1, 0.15) is 5.75 Å². The van der Waals surface area contributed by atoms with Gasteiger partial charge >= 0.3 is 0 Å². The van der Waals surface area contributed by atoms with Crippen molar-refractivity contribution in [2.24, 2.45) is 0 Å². The molecule has 1 aromatic rings. The van der Waals surface area contributed by atoms with E-state index in [1.54, 1.807) is 7.11 Å². The van der Waals surface area contributed by atoms with Crippen LogP contribution in [0, 0.1) is 0 Å². The monoisotopic (exact) mass is 256 g/mol. The minimum absolute atomic E-state index is 0. The topological polar surface area (TPSA) is 30.5 Å². The summed E-state index contributed by atoms with van der Waals surface area (Å²) >= 11 is 0. The molecule has 1 aromatic carbocycles. The smallest absolute Gasteiger partial charge is 0.118 e. The summed E-state index contributed by atoms with van der Waals surface area (Å²) in [5.41, 5.74) is 1.28. The molecule has 1 aliphatic rings. The SMILES string of the molecule is COc1ccc(CNCC2CCCO2)cc1.[Cl-]. The van der Waals surface area contributed by atoms with Crippen LogP contribution in [0.25, 0.3) is 0 Å². The summed E-state index contributed by atoms with van der Waals surface area (Å²) in [6.45, 7) is 2.77. The van der Waals surface area contributed by atoms with Crippen LogP contribution >= 0.6 is 0 Å². The molecule has 4 heteroatoms. The first-order valence-electron chi connectivity index (χ1n) is 5.84. The molecule has 1 fully saturated rings. The van der Waals surface area contributed by atoms with Crippen molar-refractivity contribution in [3.63, 3.8) is 0 Å². The number of rotatable bonds is 5. The highest BCUT2D eigenvalue weighted by molar-refractivity contribution is 5.26. The third-order valence-corrected chi connectivity index (χ3v) is 2.88. The average molecular weight is 257 g/mol. The Labute approximate surface area is 109 Å². The van der Waals surface area contributed by atoms with E-state index in [1.807, 2.05) is 12.1 Å². The predicted octanol–water partition coefficient (Wildman–Crippen LogP) is -1.03. The fourth-order valence-electron chi connectivity index (χ4n) is 1.93. The van der Waals surface area contributed by atoms with E-state index in [1.165, 1.54) is 18.4 Å². The molecule has 0 aliphatic carbocycles. The molecule has 1 atom stereocenters. The van der Waals surface area contributed by atoms with Gasteiger partial charge in [0.25, 0.3) is 0 Å². The van der Waals surface area contributed by atoms with E-state index in [0.29, 0.717) is 6.10 Å². The average Bonchev–Trinajstić information content (AvgIpc) is 2.83. The van der Waals surface area contributed by atoms with Crippen LogP contribution in [-0.4, -0.2) is 26.4 Å². The number of benzene rings is 1. The summed E-state index contributed by atoms with van der Waals surface area (Å²) in [4.78, 5) is 0. The second-order valence-corrected chi connectivity index (χ2v) is 4.11. The van der Waals surface area contributed by atoms with Crippen molar-refractivity contribution in [3.8, 4) is 5.75 Å². The van der Waals surface area contributed by atoms with Crippen molar-refractivity contribution in [2.75, 3.05) is 20.3 Å². The van der Waals surface area contributed by atoms with Gasteiger partial charge in [-0.3, -0.25) is 0 Å². The third-order valence-electron chi connectivity index (χ3n) is 2.88. The molecule has 0 aromatic heterocycles. The van der Waals surface area contributed by atoms with Crippen LogP contribution in [0.3, 0.4) is 0 Å². The second-order valence-electron chi connectivity index (χ2n) is 4.11. The van der Waals surface area contributed by atoms with Gasteiger partial charge in [-0.15, -0.1) is 0 Å². The lowest BCUT2D eigenvalue weighted by molar-refractivity contribution is -0.00000494. The van der Waals surface area contributed by atoms with Crippen LogP contribution in [0.2, 0.25) is 0 Å². The summed E-state index contributed by atoms with van der Waals surface area (Å²) in [6, 6.07) is 8.15. The molecule has 1 unspecified atom stereocenters. The molecule has 0 amide bonds. The first kappa shape index (κ1) is 14.3. The first-order valence-corrected chi connectivity index (χ1v) is 5.84. The van der Waals surface area contributed by atoms with Crippen molar-refractivity contribution in [1.29, 1.82) is 0 Å². The Bertz CT molecular complexity index is 310. The Morgan fingerprint density at radius 3 is 2.71 bits per heavy atom. The predicted molar refractivity (Wildman–Crippen MR) is 63.7 cm³/mol. The number of hydrogen-bond acceptors (Lipinski definition) is 3. The quantitative estimate of drug-likeness (QED) is 0.731. The molecule has 1 saturated heterocycles. The number of ether oxygens (including phenoxy) is 2. The lowest BCUT2D eigenvalue weighted by atomic mass is 10.2. The molecule has 0 saturated carbocycles. The molecule has 1 aliphatic heterocycles. The summed E-state index contributed by atoms with van der Waals surface area (Å²) in [5.74, 6) is 0.905. The fourth-order valence-corrected chi connectivity index (χ4v) is 1.93. The van der Waals surface area contributed by atoms with E-state index in [-0.39, 0.29) is 12.4 Å². The van der Waals surface area contributed by atoms with E-state index >= 15 is 0 Å². The molecular formula is C13H19ClNO2-. The van der Waals surface area contributed by atoms with E-state index in [0.717, 1.165) is 25.4 Å². The third kappa shape index (κ3) is 4.54. The zero-order valence-corrected chi connectivity index (χ0v) is 10.9. The molecule has 17 heavy (non-hydrogen) atoms. The van der Waals surface area contributed by atoms with E-state index < -0.39 is 0 Å². The lowest BCUT2D eigenvalue weighted by Crippen LogP contribution is -3.00. The fraction of sp³-hybridized carbons (Fsp3) is 0.538. The van der Waals surface area contributed by atoms with Crippen molar-refractivity contribution in [1.82, 2.24) is 5.32 Å². The molecule has 0 radical (unpaired) electrons. The van der Waals surface area contributed by atoms with Gasteiger partial charge in [-0.05, 0) is 30.5 Å². The summed E-state index contributed by atoms with van der Waals surface area (Å²) in [6.07, 6.45) is 2.81. The zero-order chi connectivity index (χ0) is 11.2. The summed E-state index contributed by atoms with van der Waals surface area (Å²) in [7, 11) is 1.69. The molecule has 1 heterocycles. The Morgan fingerprint density at radius 2 is 2.12 bits per heavy atom. The number of halogens is 1. The van der Waals surface area contributed by atoms with Gasteiger partial charge in [0.15, 0.2) is 0 Å². The maximum Gasteiger partial charge on any atom is 0.118 e. The molecule has 0 spiro atoms. The van der Waals surface area contributed by atoms with Crippen molar-refractivity contribution < 1.29 is 21.9 Å². The molecule has 0 bridgehead atoms. The highest BCUT2D eigenvalue weighted by Crippen LogP contribution is 2.12. The normalized spacial score (nSPS) is 18.8. The molecule has 3 nitrogen and oxygen atoms in total. The van der Waals surface area contributed by atoms with Crippen LogP contribution in [0.5, 0.6) is 5.75 Å². The van der Waals surface area contributed by atoms with Crippen LogP contribution in [-0.2, 0) is 11.3 Å². The van der Waals surface area contributed by atoms with Gasteiger partial charge in [0.05, 0.1) is 13.2 Å². The minimum Gasteiger partial charge on any atom is -1.00 e. The van der Waals surface area contributed by atoms with Crippen molar-refractivity contribution >= 4 is 0 Å². The Morgan fingerprint density at radius 1 is 1.35 bits per heavy atom. The standard InChI is InChI=1S/C13H19NO2.ClH/c1-15-12-6-4-11(5-7-12)9-14-10-13-3-2-8-16-13;/h4-7,13-14H,2-3,8-10H2,1H3;1H/p-1. The number of nitrogens with one attached hydrogen (secondary N) is 1. The largest absolute Gasteiger partial charge is 1.00 e. The van der Waals surface area contributed by atoms with Gasteiger partial charge in [0, 0.05) is 19.7 Å². The first-order chi connectivity index (χ1) is 7.88. The number of methoxy groups -OCH3 is 1. The Kier molecular flexibility index (Phi) is 6.34. The highest BCUT2D eigenvalue weighted by Gasteiger charge is 2.14. The molecule has 2 rings (SSSR count). The maximum absolute atomic E-state index is 5.54. The molecule has 1 N–H and O–H groups in total. The van der Waals surface area contributed by atoms with E-state index in [4.69, 9.17) is 9.47 Å². The van der Waals surface area contributed by atoms with Crippen molar-refractivity contribution in [3.05, 3.63) is 29.8 Å². The number of hydrogen-bond donors (Lipinski definition) is 1. The molecule has 96 valence electrons. The lowest BCUT2D eigenvalue weighted by Gasteiger charge is -2.10. The summed E-state index contributed by atoms with van der Waals surface area (Å²) in [5, 5.41) is 3.42. The van der Waals surface area contributed by atoms with Gasteiger partial charge in [-0.2, -0.15) is 0 Å². The zero-order valence-electron chi connectivity index (χ0n) is 10.1. The maximum atomic E-state index is 5.54. The Hall–Kier alpha value is -0.770.